The maximum absolute atomic E-state index is 9.15. The van der Waals surface area contributed by atoms with Gasteiger partial charge in [-0.3, -0.25) is 4.57 Å². The Morgan fingerprint density at radius 2 is 2.00 bits per heavy atom. The number of aliphatic hydroxyl groups excluding tert-OH is 1. The predicted octanol–water partition coefficient (Wildman–Crippen LogP) is 2.22. The van der Waals surface area contributed by atoms with E-state index in [0.29, 0.717) is 0 Å². The number of aryl methyl sites for hydroxylation is 1. The van der Waals surface area contributed by atoms with Crippen molar-refractivity contribution in [2.24, 2.45) is 0 Å². The second-order valence-electron chi connectivity index (χ2n) is 4.18. The number of fused-ring (bicyclic) bond motifs is 1. The topological polar surface area (TPSA) is 50.9 Å². The van der Waals surface area contributed by atoms with Gasteiger partial charge < -0.3 is 5.11 Å². The Balaban J connectivity index is 2.17. The second-order valence-corrected chi connectivity index (χ2v) is 4.18. The third-order valence-corrected chi connectivity index (χ3v) is 3.05. The first-order chi connectivity index (χ1) is 8.79. The lowest BCUT2D eigenvalue weighted by Crippen LogP contribution is -2.00. The van der Waals surface area contributed by atoms with Gasteiger partial charge in [0, 0.05) is 5.69 Å². The number of rotatable bonds is 2. The van der Waals surface area contributed by atoms with E-state index >= 15 is 0 Å². The largest absolute Gasteiger partial charge is 0.392 e. The zero-order valence-electron chi connectivity index (χ0n) is 10.0. The van der Waals surface area contributed by atoms with E-state index in [1.165, 1.54) is 0 Å². The lowest BCUT2D eigenvalue weighted by atomic mass is 10.2. The zero-order chi connectivity index (χ0) is 12.5. The fourth-order valence-electron chi connectivity index (χ4n) is 2.02. The molecule has 90 valence electrons. The van der Waals surface area contributed by atoms with Crippen molar-refractivity contribution in [3.05, 3.63) is 54.0 Å². The normalized spacial score (nSPS) is 11.0. The maximum atomic E-state index is 9.15. The number of nitrogens with zero attached hydrogens (tertiary/aromatic N) is 3. The zero-order valence-corrected chi connectivity index (χ0v) is 10.0. The van der Waals surface area contributed by atoms with Crippen molar-refractivity contribution in [2.45, 2.75) is 13.5 Å². The number of aliphatic hydroxyl groups is 1. The molecule has 0 spiro atoms. The summed E-state index contributed by atoms with van der Waals surface area (Å²) in [7, 11) is 0. The van der Waals surface area contributed by atoms with Crippen molar-refractivity contribution in [1.29, 1.82) is 0 Å². The van der Waals surface area contributed by atoms with Crippen LogP contribution in [0.1, 0.15) is 11.3 Å². The van der Waals surface area contributed by atoms with Crippen LogP contribution in [0, 0.1) is 6.92 Å². The van der Waals surface area contributed by atoms with Gasteiger partial charge >= 0.3 is 0 Å². The molecule has 0 amide bonds. The molecule has 2 aromatic heterocycles. The minimum atomic E-state index is 0.0176. The Morgan fingerprint density at radius 3 is 2.78 bits per heavy atom. The Morgan fingerprint density at radius 1 is 1.17 bits per heavy atom. The molecule has 1 N–H and O–H groups in total. The van der Waals surface area contributed by atoms with Crippen molar-refractivity contribution >= 4 is 11.0 Å². The van der Waals surface area contributed by atoms with E-state index < -0.39 is 0 Å². The van der Waals surface area contributed by atoms with E-state index in [-0.39, 0.29) is 6.61 Å². The van der Waals surface area contributed by atoms with Crippen LogP contribution < -0.4 is 0 Å². The number of para-hydroxylation sites is 2. The van der Waals surface area contributed by atoms with Crippen molar-refractivity contribution in [3.63, 3.8) is 0 Å². The van der Waals surface area contributed by atoms with E-state index in [1.807, 2.05) is 47.9 Å². The summed E-state index contributed by atoms with van der Waals surface area (Å²) < 4.78 is 1.95. The summed E-state index contributed by atoms with van der Waals surface area (Å²) in [6.07, 6.45) is 1.77. The van der Waals surface area contributed by atoms with Gasteiger partial charge in [-0.2, -0.15) is 0 Å². The van der Waals surface area contributed by atoms with Crippen LogP contribution in [0.4, 0.5) is 0 Å². The molecule has 0 aliphatic rings. The molecule has 0 atom stereocenters. The second kappa shape index (κ2) is 4.23. The molecule has 0 aliphatic heterocycles. The van der Waals surface area contributed by atoms with Crippen LogP contribution in [-0.4, -0.2) is 19.6 Å². The average Bonchev–Trinajstić information content (AvgIpc) is 2.82. The first kappa shape index (κ1) is 10.9. The Kier molecular flexibility index (Phi) is 2.57. The Hall–Kier alpha value is -2.20. The van der Waals surface area contributed by atoms with Gasteiger partial charge in [-0.15, -0.1) is 0 Å². The molecule has 0 bridgehead atoms. The monoisotopic (exact) mass is 239 g/mol. The number of hydrogen-bond acceptors (Lipinski definition) is 3. The summed E-state index contributed by atoms with van der Waals surface area (Å²) in [5, 5.41) is 9.15. The van der Waals surface area contributed by atoms with Gasteiger partial charge in [0.2, 0.25) is 0 Å². The molecule has 0 aliphatic carbocycles. The van der Waals surface area contributed by atoms with Crippen molar-refractivity contribution in [3.8, 4) is 5.82 Å². The number of aromatic nitrogens is 3. The summed E-state index contributed by atoms with van der Waals surface area (Å²) in [5.41, 5.74) is 3.67. The molecule has 4 heteroatoms. The summed E-state index contributed by atoms with van der Waals surface area (Å²) >= 11 is 0. The highest BCUT2D eigenvalue weighted by atomic mass is 16.3. The standard InChI is InChI=1S/C14H13N3O/c1-10-11(8-18)6-7-14(16-10)17-9-15-12-4-2-3-5-13(12)17/h2-7,9,18H,8H2,1H3. The SMILES string of the molecule is Cc1nc(-n2cnc3ccccc32)ccc1CO. The summed E-state index contributed by atoms with van der Waals surface area (Å²) in [5.74, 6) is 0.818. The lowest BCUT2D eigenvalue weighted by molar-refractivity contribution is 0.280. The fraction of sp³-hybridized carbons (Fsp3) is 0.143. The third kappa shape index (κ3) is 1.67. The van der Waals surface area contributed by atoms with Crippen LogP contribution in [0.5, 0.6) is 0 Å². The Bertz CT molecular complexity index is 703. The molecule has 0 saturated heterocycles. The highest BCUT2D eigenvalue weighted by Gasteiger charge is 2.06. The molecule has 0 saturated carbocycles. The van der Waals surface area contributed by atoms with Gasteiger partial charge in [0.1, 0.15) is 12.1 Å². The molecule has 0 radical (unpaired) electrons. The van der Waals surface area contributed by atoms with Crippen molar-refractivity contribution in [1.82, 2.24) is 14.5 Å². The fourth-order valence-corrected chi connectivity index (χ4v) is 2.02. The minimum absolute atomic E-state index is 0.0176. The van der Waals surface area contributed by atoms with Gasteiger partial charge in [-0.05, 0) is 30.7 Å². The Labute approximate surface area is 105 Å². The smallest absolute Gasteiger partial charge is 0.138 e. The maximum Gasteiger partial charge on any atom is 0.138 e. The first-order valence-corrected chi connectivity index (χ1v) is 5.79. The third-order valence-electron chi connectivity index (χ3n) is 3.05. The molecular weight excluding hydrogens is 226 g/mol. The molecule has 18 heavy (non-hydrogen) atoms. The molecule has 3 rings (SSSR count). The molecule has 4 nitrogen and oxygen atoms in total. The predicted molar refractivity (Wildman–Crippen MR) is 69.5 cm³/mol. The van der Waals surface area contributed by atoms with E-state index in [2.05, 4.69) is 9.97 Å². The van der Waals surface area contributed by atoms with E-state index in [0.717, 1.165) is 28.1 Å². The molecule has 1 aromatic carbocycles. The van der Waals surface area contributed by atoms with Crippen molar-refractivity contribution in [2.75, 3.05) is 0 Å². The summed E-state index contributed by atoms with van der Waals surface area (Å²) in [6.45, 7) is 1.91. The number of imidazole rings is 1. The van der Waals surface area contributed by atoms with Crippen LogP contribution in [0.3, 0.4) is 0 Å². The van der Waals surface area contributed by atoms with Gasteiger partial charge in [-0.1, -0.05) is 18.2 Å². The van der Waals surface area contributed by atoms with Crippen LogP contribution >= 0.6 is 0 Å². The molecule has 0 fully saturated rings. The number of hydrogen-bond donors (Lipinski definition) is 1. The first-order valence-electron chi connectivity index (χ1n) is 5.79. The highest BCUT2D eigenvalue weighted by molar-refractivity contribution is 5.76. The van der Waals surface area contributed by atoms with Gasteiger partial charge in [0.15, 0.2) is 0 Å². The van der Waals surface area contributed by atoms with Gasteiger partial charge in [-0.25, -0.2) is 9.97 Å². The minimum Gasteiger partial charge on any atom is -0.392 e. The molecule has 0 unspecified atom stereocenters. The van der Waals surface area contributed by atoms with Crippen LogP contribution in [0.15, 0.2) is 42.7 Å². The summed E-state index contributed by atoms with van der Waals surface area (Å²) in [4.78, 5) is 8.84. The molecule has 2 heterocycles. The van der Waals surface area contributed by atoms with E-state index in [1.54, 1.807) is 6.33 Å². The van der Waals surface area contributed by atoms with Crippen LogP contribution in [0.2, 0.25) is 0 Å². The van der Waals surface area contributed by atoms with Crippen LogP contribution in [-0.2, 0) is 6.61 Å². The highest BCUT2D eigenvalue weighted by Crippen LogP contribution is 2.17. The molecule has 3 aromatic rings. The number of benzene rings is 1. The van der Waals surface area contributed by atoms with Crippen LogP contribution in [0.25, 0.3) is 16.9 Å². The van der Waals surface area contributed by atoms with Gasteiger partial charge in [0.25, 0.3) is 0 Å². The number of pyridine rings is 1. The van der Waals surface area contributed by atoms with Gasteiger partial charge in [0.05, 0.1) is 17.6 Å². The van der Waals surface area contributed by atoms with E-state index in [4.69, 9.17) is 5.11 Å². The molecular formula is C14H13N3O. The van der Waals surface area contributed by atoms with E-state index in [9.17, 15) is 0 Å². The van der Waals surface area contributed by atoms with Crippen molar-refractivity contribution < 1.29 is 5.11 Å². The summed E-state index contributed by atoms with van der Waals surface area (Å²) in [6, 6.07) is 11.7. The quantitative estimate of drug-likeness (QED) is 0.746. The average molecular weight is 239 g/mol. The lowest BCUT2D eigenvalue weighted by Gasteiger charge is -2.07.